The Kier molecular flexibility index (Phi) is 7.07. The second-order valence-corrected chi connectivity index (χ2v) is 5.57. The van der Waals surface area contributed by atoms with E-state index in [-0.39, 0.29) is 18.0 Å². The highest BCUT2D eigenvalue weighted by atomic mass is 16.5. The molecule has 0 saturated carbocycles. The molecule has 0 spiro atoms. The molecule has 1 aromatic heterocycles. The molecule has 0 unspecified atom stereocenters. The van der Waals surface area contributed by atoms with Gasteiger partial charge in [0.2, 0.25) is 5.91 Å². The maximum Gasteiger partial charge on any atom is 0.250 e. The number of aromatic nitrogens is 1. The molecule has 0 aliphatic carbocycles. The maximum atomic E-state index is 12.2. The number of nitrogens with one attached hydrogen (secondary N) is 1. The number of pyridine rings is 1. The minimum atomic E-state index is -0.281. The van der Waals surface area contributed by atoms with E-state index in [2.05, 4.69) is 5.32 Å². The summed E-state index contributed by atoms with van der Waals surface area (Å²) < 4.78 is 12.7. The van der Waals surface area contributed by atoms with Crippen LogP contribution in [0.2, 0.25) is 0 Å². The molecule has 0 saturated heterocycles. The lowest BCUT2D eigenvalue weighted by atomic mass is 10.2. The van der Waals surface area contributed by atoms with Gasteiger partial charge >= 0.3 is 0 Å². The van der Waals surface area contributed by atoms with E-state index in [1.54, 1.807) is 36.5 Å². The summed E-state index contributed by atoms with van der Waals surface area (Å²) >= 11 is 0. The van der Waals surface area contributed by atoms with Crippen LogP contribution < -0.4 is 20.3 Å². The average Bonchev–Trinajstić information content (AvgIpc) is 2.61. The van der Waals surface area contributed by atoms with Gasteiger partial charge in [0, 0.05) is 24.0 Å². The number of hydrogen-bond donors (Lipinski definition) is 1. The van der Waals surface area contributed by atoms with Crippen LogP contribution in [0.4, 0.5) is 5.69 Å². The lowest BCUT2D eigenvalue weighted by Gasteiger charge is -2.14. The average molecular weight is 344 g/mol. The smallest absolute Gasteiger partial charge is 0.250 e. The van der Waals surface area contributed by atoms with Gasteiger partial charge in [-0.3, -0.25) is 9.59 Å². The van der Waals surface area contributed by atoms with E-state index in [0.717, 1.165) is 12.8 Å². The number of benzene rings is 1. The second-order valence-electron chi connectivity index (χ2n) is 5.57. The molecule has 25 heavy (non-hydrogen) atoms. The largest absolute Gasteiger partial charge is 0.490 e. The highest BCUT2D eigenvalue weighted by Gasteiger charge is 2.10. The van der Waals surface area contributed by atoms with Gasteiger partial charge in [0.25, 0.3) is 5.56 Å². The van der Waals surface area contributed by atoms with Gasteiger partial charge in [-0.05, 0) is 31.0 Å². The van der Waals surface area contributed by atoms with Gasteiger partial charge in [-0.1, -0.05) is 19.9 Å². The van der Waals surface area contributed by atoms with Crippen molar-refractivity contribution < 1.29 is 14.3 Å². The molecular weight excluding hydrogens is 320 g/mol. The van der Waals surface area contributed by atoms with Crippen molar-refractivity contribution >= 4 is 11.6 Å². The summed E-state index contributed by atoms with van der Waals surface area (Å²) in [6.45, 7) is 5.19. The third-order valence-electron chi connectivity index (χ3n) is 3.36. The SMILES string of the molecule is CCCOc1ccc(NC(=O)Cn2ccccc2=O)cc1OCCC. The Morgan fingerprint density at radius 1 is 1.04 bits per heavy atom. The molecule has 2 aromatic rings. The summed E-state index contributed by atoms with van der Waals surface area (Å²) in [6.07, 6.45) is 3.36. The molecule has 0 fully saturated rings. The maximum absolute atomic E-state index is 12.2. The Bertz CT molecular complexity index is 755. The first kappa shape index (κ1) is 18.6. The van der Waals surface area contributed by atoms with E-state index in [0.29, 0.717) is 30.4 Å². The van der Waals surface area contributed by atoms with Gasteiger partial charge in [0.15, 0.2) is 11.5 Å². The van der Waals surface area contributed by atoms with Crippen LogP contribution in [-0.2, 0) is 11.3 Å². The van der Waals surface area contributed by atoms with Crippen LogP contribution in [-0.4, -0.2) is 23.7 Å². The lowest BCUT2D eigenvalue weighted by Crippen LogP contribution is -2.26. The van der Waals surface area contributed by atoms with Crippen LogP contribution in [0.5, 0.6) is 11.5 Å². The van der Waals surface area contributed by atoms with Crippen LogP contribution in [0.1, 0.15) is 26.7 Å². The Morgan fingerprint density at radius 2 is 1.76 bits per heavy atom. The fourth-order valence-corrected chi connectivity index (χ4v) is 2.19. The van der Waals surface area contributed by atoms with E-state index in [9.17, 15) is 9.59 Å². The first-order valence-electron chi connectivity index (χ1n) is 8.49. The second kappa shape index (κ2) is 9.52. The van der Waals surface area contributed by atoms with Crippen LogP contribution in [0.15, 0.2) is 47.4 Å². The lowest BCUT2D eigenvalue weighted by molar-refractivity contribution is -0.116. The van der Waals surface area contributed by atoms with Gasteiger partial charge in [0.1, 0.15) is 6.54 Å². The predicted molar refractivity (Wildman–Crippen MR) is 97.3 cm³/mol. The van der Waals surface area contributed by atoms with Crippen LogP contribution in [0.25, 0.3) is 0 Å². The molecule has 2 rings (SSSR count). The molecule has 1 heterocycles. The topological polar surface area (TPSA) is 69.6 Å². The number of amides is 1. The summed E-state index contributed by atoms with van der Waals surface area (Å²) in [5.74, 6) is 0.981. The molecule has 0 atom stereocenters. The van der Waals surface area contributed by atoms with Crippen molar-refractivity contribution in [1.29, 1.82) is 0 Å². The van der Waals surface area contributed by atoms with E-state index in [4.69, 9.17) is 9.47 Å². The van der Waals surface area contributed by atoms with Gasteiger partial charge in [-0.15, -0.1) is 0 Å². The normalized spacial score (nSPS) is 10.3. The number of rotatable bonds is 9. The molecule has 6 heteroatoms. The minimum Gasteiger partial charge on any atom is -0.490 e. The zero-order valence-electron chi connectivity index (χ0n) is 14.7. The molecule has 1 amide bonds. The van der Waals surface area contributed by atoms with Gasteiger partial charge in [0.05, 0.1) is 13.2 Å². The number of carbonyl (C=O) groups is 1. The van der Waals surface area contributed by atoms with Crippen molar-refractivity contribution in [2.45, 2.75) is 33.2 Å². The summed E-state index contributed by atoms with van der Waals surface area (Å²) in [7, 11) is 0. The fourth-order valence-electron chi connectivity index (χ4n) is 2.19. The Hall–Kier alpha value is -2.76. The standard InChI is InChI=1S/C19H24N2O4/c1-3-11-24-16-9-8-15(13-17(16)25-12-4-2)20-18(22)14-21-10-6-5-7-19(21)23/h5-10,13H,3-4,11-12,14H2,1-2H3,(H,20,22). The Labute approximate surface area is 147 Å². The zero-order valence-corrected chi connectivity index (χ0v) is 14.7. The van der Waals surface area contributed by atoms with Crippen LogP contribution in [0.3, 0.4) is 0 Å². The van der Waals surface area contributed by atoms with Crippen LogP contribution in [0, 0.1) is 0 Å². The molecule has 0 aliphatic rings. The molecule has 1 aromatic carbocycles. The summed E-state index contributed by atoms with van der Waals surface area (Å²) in [5, 5.41) is 2.78. The fraction of sp³-hybridized carbons (Fsp3) is 0.368. The van der Waals surface area contributed by atoms with E-state index in [1.165, 1.54) is 10.6 Å². The van der Waals surface area contributed by atoms with Gasteiger partial charge in [-0.25, -0.2) is 0 Å². The molecule has 0 radical (unpaired) electrons. The monoisotopic (exact) mass is 344 g/mol. The van der Waals surface area contributed by atoms with E-state index < -0.39 is 0 Å². The Balaban J connectivity index is 2.08. The highest BCUT2D eigenvalue weighted by molar-refractivity contribution is 5.90. The third-order valence-corrected chi connectivity index (χ3v) is 3.36. The van der Waals surface area contributed by atoms with Crippen molar-refractivity contribution in [3.05, 3.63) is 52.9 Å². The molecule has 6 nitrogen and oxygen atoms in total. The molecule has 1 N–H and O–H groups in total. The third kappa shape index (κ3) is 5.67. The van der Waals surface area contributed by atoms with Crippen molar-refractivity contribution in [3.63, 3.8) is 0 Å². The quantitative estimate of drug-likeness (QED) is 0.759. The molecule has 0 aliphatic heterocycles. The molecule has 0 bridgehead atoms. The Morgan fingerprint density at radius 3 is 2.44 bits per heavy atom. The van der Waals surface area contributed by atoms with Crippen molar-refractivity contribution in [1.82, 2.24) is 4.57 Å². The summed E-state index contributed by atoms with van der Waals surface area (Å²) in [5.41, 5.74) is 0.386. The first-order chi connectivity index (χ1) is 12.1. The number of carbonyl (C=O) groups excluding carboxylic acids is 1. The van der Waals surface area contributed by atoms with E-state index in [1.807, 2.05) is 13.8 Å². The summed E-state index contributed by atoms with van der Waals surface area (Å²) in [6, 6.07) is 10.1. The molecule has 134 valence electrons. The minimum absolute atomic E-state index is 0.0427. The number of hydrogen-bond acceptors (Lipinski definition) is 4. The highest BCUT2D eigenvalue weighted by Crippen LogP contribution is 2.31. The van der Waals surface area contributed by atoms with Crippen molar-refractivity contribution in [2.75, 3.05) is 18.5 Å². The number of ether oxygens (including phenoxy) is 2. The van der Waals surface area contributed by atoms with Gasteiger partial charge in [-0.2, -0.15) is 0 Å². The van der Waals surface area contributed by atoms with E-state index >= 15 is 0 Å². The van der Waals surface area contributed by atoms with Crippen molar-refractivity contribution in [2.24, 2.45) is 0 Å². The molecular formula is C19H24N2O4. The first-order valence-corrected chi connectivity index (χ1v) is 8.49. The van der Waals surface area contributed by atoms with Crippen LogP contribution >= 0.6 is 0 Å². The van der Waals surface area contributed by atoms with Crippen molar-refractivity contribution in [3.8, 4) is 11.5 Å². The number of anilines is 1. The zero-order chi connectivity index (χ0) is 18.1. The predicted octanol–water partition coefficient (Wildman–Crippen LogP) is 3.06. The summed E-state index contributed by atoms with van der Waals surface area (Å²) in [4.78, 5) is 23.8. The van der Waals surface area contributed by atoms with Gasteiger partial charge < -0.3 is 19.4 Å². The number of nitrogens with zero attached hydrogens (tertiary/aromatic N) is 1.